The van der Waals surface area contributed by atoms with Crippen LogP contribution in [0.4, 0.5) is 14.5 Å². The van der Waals surface area contributed by atoms with Gasteiger partial charge in [-0.05, 0) is 59.0 Å². The first-order valence-corrected chi connectivity index (χ1v) is 8.27. The summed E-state index contributed by atoms with van der Waals surface area (Å²) in [5.74, 6) is -2.78. The van der Waals surface area contributed by atoms with Crippen molar-refractivity contribution in [3.8, 4) is 0 Å². The molecule has 25 heavy (non-hydrogen) atoms. The van der Waals surface area contributed by atoms with Gasteiger partial charge in [-0.2, -0.15) is 4.73 Å². The van der Waals surface area contributed by atoms with Crippen LogP contribution < -0.4 is 11.0 Å². The fourth-order valence-corrected chi connectivity index (χ4v) is 2.38. The van der Waals surface area contributed by atoms with Gasteiger partial charge >= 0.3 is 0 Å². The third-order valence-corrected chi connectivity index (χ3v) is 4.06. The van der Waals surface area contributed by atoms with E-state index in [4.69, 9.17) is 4.84 Å². The first kappa shape index (κ1) is 17.6. The Labute approximate surface area is 149 Å². The fraction of sp³-hybridized carbons (Fsp3) is 0.250. The molecule has 0 bridgehead atoms. The minimum atomic E-state index is -1.29. The highest BCUT2D eigenvalue weighted by Crippen LogP contribution is 2.29. The number of halogens is 3. The Bertz CT molecular complexity index is 881. The van der Waals surface area contributed by atoms with E-state index >= 15 is 0 Å². The Morgan fingerprint density at radius 2 is 2.12 bits per heavy atom. The van der Waals surface area contributed by atoms with Crippen LogP contribution >= 0.6 is 15.9 Å². The molecule has 1 aliphatic rings. The van der Waals surface area contributed by atoms with Crippen molar-refractivity contribution in [1.82, 2.24) is 10.2 Å². The van der Waals surface area contributed by atoms with E-state index < -0.39 is 23.2 Å². The average molecular weight is 414 g/mol. The van der Waals surface area contributed by atoms with Gasteiger partial charge in [-0.3, -0.25) is 9.63 Å². The summed E-state index contributed by atoms with van der Waals surface area (Å²) in [5, 5.41) is 9.80. The number of aromatic nitrogens is 1. The minimum Gasteiger partial charge on any atom is -0.427 e. The number of carbonyl (C=O) groups is 1. The van der Waals surface area contributed by atoms with Crippen LogP contribution in [0.5, 0.6) is 0 Å². The van der Waals surface area contributed by atoms with Crippen molar-refractivity contribution in [2.75, 3.05) is 6.61 Å². The number of rotatable bonds is 5. The predicted molar refractivity (Wildman–Crippen MR) is 87.0 cm³/mol. The standard InChI is InChI=1S/C16H14BrF2N3O3/c17-10-3-6-13(22(24)7-10)20-15-11(4-5-12(18)14(15)19)16(23)21-25-8-9-1-2-9/h3-7,9,24H,1-2,8H2,(H,21,23). The van der Waals surface area contributed by atoms with Crippen LogP contribution in [0.25, 0.3) is 0 Å². The number of benzene rings is 1. The lowest BCUT2D eigenvalue weighted by Gasteiger charge is -2.09. The molecule has 0 spiro atoms. The molecule has 0 atom stereocenters. The number of hydrogen-bond donors (Lipinski definition) is 2. The maximum atomic E-state index is 14.2. The SMILES string of the molecule is O=C(NOCC1CC1)c1ccc(F)c(F)c1N=c1ccc(Br)cn1O. The molecule has 2 N–H and O–H groups in total. The lowest BCUT2D eigenvalue weighted by Crippen LogP contribution is -2.25. The number of amides is 1. The van der Waals surface area contributed by atoms with Gasteiger partial charge in [0.1, 0.15) is 5.69 Å². The fourth-order valence-electron chi connectivity index (χ4n) is 2.06. The van der Waals surface area contributed by atoms with Crippen LogP contribution in [-0.2, 0) is 4.84 Å². The Hall–Kier alpha value is -2.26. The monoisotopic (exact) mass is 413 g/mol. The maximum Gasteiger partial charge on any atom is 0.277 e. The van der Waals surface area contributed by atoms with Gasteiger partial charge in [0.25, 0.3) is 5.91 Å². The van der Waals surface area contributed by atoms with E-state index in [-0.39, 0.29) is 11.1 Å². The molecule has 6 nitrogen and oxygen atoms in total. The minimum absolute atomic E-state index is 0.0827. The van der Waals surface area contributed by atoms with Crippen LogP contribution in [-0.4, -0.2) is 22.5 Å². The number of hydroxylamine groups is 1. The Morgan fingerprint density at radius 3 is 2.80 bits per heavy atom. The van der Waals surface area contributed by atoms with E-state index in [2.05, 4.69) is 26.4 Å². The quantitative estimate of drug-likeness (QED) is 0.584. The summed E-state index contributed by atoms with van der Waals surface area (Å²) in [7, 11) is 0. The van der Waals surface area contributed by atoms with Gasteiger partial charge in [-0.25, -0.2) is 19.3 Å². The van der Waals surface area contributed by atoms with E-state index in [1.807, 2.05) is 0 Å². The Kier molecular flexibility index (Phi) is 5.14. The van der Waals surface area contributed by atoms with Gasteiger partial charge in [-0.15, -0.1) is 0 Å². The normalized spacial score (nSPS) is 14.6. The molecule has 1 fully saturated rings. The summed E-state index contributed by atoms with van der Waals surface area (Å²) in [6, 6.07) is 4.87. The number of pyridine rings is 1. The van der Waals surface area contributed by atoms with E-state index in [9.17, 15) is 18.8 Å². The smallest absolute Gasteiger partial charge is 0.277 e. The summed E-state index contributed by atoms with van der Waals surface area (Å²) in [4.78, 5) is 21.1. The number of nitrogens with zero attached hydrogens (tertiary/aromatic N) is 2. The molecule has 1 amide bonds. The zero-order valence-electron chi connectivity index (χ0n) is 12.9. The molecule has 1 saturated carbocycles. The summed E-state index contributed by atoms with van der Waals surface area (Å²) in [6.45, 7) is 0.366. The molecular weight excluding hydrogens is 400 g/mol. The lowest BCUT2D eigenvalue weighted by molar-refractivity contribution is 0.0270. The van der Waals surface area contributed by atoms with E-state index in [0.717, 1.165) is 25.0 Å². The third kappa shape index (κ3) is 4.23. The first-order chi connectivity index (χ1) is 12.0. The van der Waals surface area contributed by atoms with Gasteiger partial charge in [0.2, 0.25) is 0 Å². The summed E-state index contributed by atoms with van der Waals surface area (Å²) >= 11 is 3.15. The van der Waals surface area contributed by atoms with Crippen LogP contribution in [0.15, 0.2) is 39.9 Å². The van der Waals surface area contributed by atoms with Crippen molar-refractivity contribution in [3.05, 3.63) is 57.6 Å². The van der Waals surface area contributed by atoms with Crippen molar-refractivity contribution < 1.29 is 23.6 Å². The molecule has 0 saturated heterocycles. The van der Waals surface area contributed by atoms with Gasteiger partial charge in [0.15, 0.2) is 17.1 Å². The van der Waals surface area contributed by atoms with Crippen LogP contribution in [0.1, 0.15) is 23.2 Å². The van der Waals surface area contributed by atoms with Gasteiger partial charge in [0, 0.05) is 4.47 Å². The second-order valence-electron chi connectivity index (χ2n) is 5.60. The molecule has 2 aromatic rings. The van der Waals surface area contributed by atoms with E-state index in [1.165, 1.54) is 12.3 Å². The highest BCUT2D eigenvalue weighted by atomic mass is 79.9. The number of hydrogen-bond acceptors (Lipinski definition) is 4. The molecule has 1 heterocycles. The number of nitrogens with one attached hydrogen (secondary N) is 1. The topological polar surface area (TPSA) is 75.8 Å². The van der Waals surface area contributed by atoms with Gasteiger partial charge in [0.05, 0.1) is 18.4 Å². The van der Waals surface area contributed by atoms with E-state index in [1.54, 1.807) is 6.07 Å². The zero-order valence-corrected chi connectivity index (χ0v) is 14.5. The molecule has 9 heteroatoms. The first-order valence-electron chi connectivity index (χ1n) is 7.48. The van der Waals surface area contributed by atoms with Crippen molar-refractivity contribution in [1.29, 1.82) is 0 Å². The van der Waals surface area contributed by atoms with Crippen molar-refractivity contribution in [3.63, 3.8) is 0 Å². The molecular formula is C16H14BrF2N3O3. The highest BCUT2D eigenvalue weighted by Gasteiger charge is 2.23. The van der Waals surface area contributed by atoms with Gasteiger partial charge in [-0.1, -0.05) is 0 Å². The molecule has 1 aliphatic carbocycles. The zero-order chi connectivity index (χ0) is 18.0. The second-order valence-corrected chi connectivity index (χ2v) is 6.52. The van der Waals surface area contributed by atoms with Crippen LogP contribution in [0, 0.1) is 17.6 Å². The van der Waals surface area contributed by atoms with E-state index in [0.29, 0.717) is 21.7 Å². The Morgan fingerprint density at radius 1 is 1.36 bits per heavy atom. The van der Waals surface area contributed by atoms with Crippen molar-refractivity contribution in [2.45, 2.75) is 12.8 Å². The van der Waals surface area contributed by atoms with Crippen molar-refractivity contribution >= 4 is 27.5 Å². The highest BCUT2D eigenvalue weighted by molar-refractivity contribution is 9.10. The summed E-state index contributed by atoms with van der Waals surface area (Å²) in [5.41, 5.74) is 1.38. The summed E-state index contributed by atoms with van der Waals surface area (Å²) < 4.78 is 29.0. The second kappa shape index (κ2) is 7.32. The van der Waals surface area contributed by atoms with Gasteiger partial charge < -0.3 is 5.21 Å². The molecule has 1 aromatic carbocycles. The maximum absolute atomic E-state index is 14.2. The number of carbonyl (C=O) groups excluding carboxylic acids is 1. The molecule has 132 valence electrons. The third-order valence-electron chi connectivity index (χ3n) is 3.59. The largest absolute Gasteiger partial charge is 0.427 e. The molecule has 3 rings (SSSR count). The Balaban J connectivity index is 1.96. The predicted octanol–water partition coefficient (Wildman–Crippen LogP) is 3.07. The summed E-state index contributed by atoms with van der Waals surface area (Å²) in [6.07, 6.45) is 3.36. The molecule has 1 aromatic heterocycles. The average Bonchev–Trinajstić information content (AvgIpc) is 3.38. The lowest BCUT2D eigenvalue weighted by atomic mass is 10.1. The molecule has 0 radical (unpaired) electrons. The molecule has 0 aliphatic heterocycles. The van der Waals surface area contributed by atoms with Crippen LogP contribution in [0.2, 0.25) is 0 Å². The molecule has 0 unspecified atom stereocenters. The van der Waals surface area contributed by atoms with Crippen molar-refractivity contribution in [2.24, 2.45) is 10.9 Å². The van der Waals surface area contributed by atoms with Crippen LogP contribution in [0.3, 0.4) is 0 Å².